The minimum absolute atomic E-state index is 0.0726. The van der Waals surface area contributed by atoms with Crippen LogP contribution < -0.4 is 0 Å². The standard InChI is InChI=1S/C22H26N2O5/c1-15-9-8-12-19(21(24-28-5)22(25)27-4)20(15)14-29-23-16(2)18-11-7-6-10-17(18)13-26-3/h6-12H,13-14H2,1-5H3/b23-16+,24-21+. The molecular weight excluding hydrogens is 372 g/mol. The van der Waals surface area contributed by atoms with Crippen molar-refractivity contribution < 1.29 is 23.9 Å². The lowest BCUT2D eigenvalue weighted by molar-refractivity contribution is -0.132. The van der Waals surface area contributed by atoms with Gasteiger partial charge in [0.2, 0.25) is 0 Å². The maximum Gasteiger partial charge on any atom is 0.360 e. The molecule has 0 aromatic heterocycles. The summed E-state index contributed by atoms with van der Waals surface area (Å²) in [6, 6.07) is 13.4. The lowest BCUT2D eigenvalue weighted by Gasteiger charge is -2.13. The predicted molar refractivity (Wildman–Crippen MR) is 111 cm³/mol. The number of hydrogen-bond acceptors (Lipinski definition) is 7. The summed E-state index contributed by atoms with van der Waals surface area (Å²) in [5.41, 5.74) is 5.06. The summed E-state index contributed by atoms with van der Waals surface area (Å²) in [6.45, 7) is 4.44. The van der Waals surface area contributed by atoms with Crippen molar-refractivity contribution in [2.75, 3.05) is 21.3 Å². The van der Waals surface area contributed by atoms with Crippen LogP contribution in [0.25, 0.3) is 0 Å². The van der Waals surface area contributed by atoms with Gasteiger partial charge in [-0.25, -0.2) is 4.79 Å². The van der Waals surface area contributed by atoms with Crippen molar-refractivity contribution in [3.05, 3.63) is 70.3 Å². The number of ether oxygens (including phenoxy) is 2. The van der Waals surface area contributed by atoms with Gasteiger partial charge in [0.25, 0.3) is 0 Å². The first-order chi connectivity index (χ1) is 14.0. The number of esters is 1. The van der Waals surface area contributed by atoms with Crippen LogP contribution in [0.4, 0.5) is 0 Å². The number of hydrogen-bond donors (Lipinski definition) is 0. The topological polar surface area (TPSA) is 78.7 Å². The maximum absolute atomic E-state index is 12.1. The van der Waals surface area contributed by atoms with Gasteiger partial charge in [0.15, 0.2) is 5.71 Å². The molecule has 29 heavy (non-hydrogen) atoms. The van der Waals surface area contributed by atoms with Gasteiger partial charge in [0.05, 0.1) is 19.4 Å². The van der Waals surface area contributed by atoms with Crippen LogP contribution in [-0.2, 0) is 37.2 Å². The van der Waals surface area contributed by atoms with Gasteiger partial charge < -0.3 is 19.1 Å². The van der Waals surface area contributed by atoms with Crippen molar-refractivity contribution in [2.24, 2.45) is 10.3 Å². The fourth-order valence-electron chi connectivity index (χ4n) is 2.90. The minimum atomic E-state index is -0.591. The average molecular weight is 398 g/mol. The number of rotatable bonds is 9. The highest BCUT2D eigenvalue weighted by Gasteiger charge is 2.20. The maximum atomic E-state index is 12.1. The van der Waals surface area contributed by atoms with Crippen LogP contribution in [0.15, 0.2) is 52.8 Å². The molecule has 2 aromatic rings. The van der Waals surface area contributed by atoms with Crippen molar-refractivity contribution in [3.63, 3.8) is 0 Å². The number of aryl methyl sites for hydroxylation is 1. The van der Waals surface area contributed by atoms with Gasteiger partial charge in [-0.2, -0.15) is 0 Å². The van der Waals surface area contributed by atoms with E-state index in [0.717, 1.165) is 28.0 Å². The molecule has 2 rings (SSSR count). The first-order valence-electron chi connectivity index (χ1n) is 9.05. The first kappa shape index (κ1) is 22.1. The Kier molecular flexibility index (Phi) is 8.36. The van der Waals surface area contributed by atoms with Gasteiger partial charge >= 0.3 is 5.97 Å². The monoisotopic (exact) mass is 398 g/mol. The molecule has 0 spiro atoms. The fraction of sp³-hybridized carbons (Fsp3) is 0.318. The molecule has 0 saturated heterocycles. The van der Waals surface area contributed by atoms with E-state index >= 15 is 0 Å². The molecule has 0 N–H and O–H groups in total. The van der Waals surface area contributed by atoms with Crippen molar-refractivity contribution in [1.82, 2.24) is 0 Å². The van der Waals surface area contributed by atoms with Crippen molar-refractivity contribution in [3.8, 4) is 0 Å². The summed E-state index contributed by atoms with van der Waals surface area (Å²) in [7, 11) is 4.32. The summed E-state index contributed by atoms with van der Waals surface area (Å²) in [4.78, 5) is 22.6. The molecule has 0 radical (unpaired) electrons. The number of benzene rings is 2. The minimum Gasteiger partial charge on any atom is -0.464 e. The van der Waals surface area contributed by atoms with E-state index in [1.807, 2.05) is 50.2 Å². The van der Waals surface area contributed by atoms with Crippen LogP contribution in [0.2, 0.25) is 0 Å². The predicted octanol–water partition coefficient (Wildman–Crippen LogP) is 3.61. The average Bonchev–Trinajstić information content (AvgIpc) is 2.73. The fourth-order valence-corrected chi connectivity index (χ4v) is 2.90. The lowest BCUT2D eigenvalue weighted by Crippen LogP contribution is -2.20. The van der Waals surface area contributed by atoms with Crippen LogP contribution >= 0.6 is 0 Å². The van der Waals surface area contributed by atoms with Crippen LogP contribution in [0.1, 0.15) is 34.7 Å². The molecule has 7 nitrogen and oxygen atoms in total. The second-order valence-electron chi connectivity index (χ2n) is 6.26. The van der Waals surface area contributed by atoms with E-state index in [1.165, 1.54) is 14.2 Å². The van der Waals surface area contributed by atoms with Gasteiger partial charge in [-0.3, -0.25) is 0 Å². The Morgan fingerprint density at radius 1 is 0.931 bits per heavy atom. The summed E-state index contributed by atoms with van der Waals surface area (Å²) >= 11 is 0. The van der Waals surface area contributed by atoms with E-state index in [9.17, 15) is 4.79 Å². The highest BCUT2D eigenvalue weighted by Crippen LogP contribution is 2.18. The molecule has 0 amide bonds. The van der Waals surface area contributed by atoms with Crippen molar-refractivity contribution in [2.45, 2.75) is 27.1 Å². The van der Waals surface area contributed by atoms with Gasteiger partial charge in [0.1, 0.15) is 13.7 Å². The van der Waals surface area contributed by atoms with Crippen LogP contribution in [0.5, 0.6) is 0 Å². The molecule has 0 aliphatic rings. The van der Waals surface area contributed by atoms with E-state index in [4.69, 9.17) is 19.1 Å². The third-order valence-electron chi connectivity index (χ3n) is 4.34. The Labute approximate surface area is 170 Å². The van der Waals surface area contributed by atoms with E-state index in [-0.39, 0.29) is 12.3 Å². The van der Waals surface area contributed by atoms with Gasteiger partial charge in [-0.05, 0) is 25.0 Å². The van der Waals surface area contributed by atoms with E-state index < -0.39 is 5.97 Å². The Balaban J connectivity index is 2.28. The van der Waals surface area contributed by atoms with Crippen LogP contribution in [-0.4, -0.2) is 38.7 Å². The van der Waals surface area contributed by atoms with Gasteiger partial charge in [-0.1, -0.05) is 52.8 Å². The Morgan fingerprint density at radius 2 is 1.66 bits per heavy atom. The van der Waals surface area contributed by atoms with Crippen molar-refractivity contribution >= 4 is 17.4 Å². The van der Waals surface area contributed by atoms with E-state index in [2.05, 4.69) is 10.3 Å². The molecule has 0 fully saturated rings. The molecular formula is C22H26N2O5. The highest BCUT2D eigenvalue weighted by atomic mass is 16.6. The Bertz CT molecular complexity index is 906. The van der Waals surface area contributed by atoms with Gasteiger partial charge in [0, 0.05) is 23.8 Å². The van der Waals surface area contributed by atoms with E-state index in [0.29, 0.717) is 12.2 Å². The quantitative estimate of drug-likeness (QED) is 0.366. The second-order valence-corrected chi connectivity index (χ2v) is 6.26. The second kappa shape index (κ2) is 11.0. The zero-order valence-corrected chi connectivity index (χ0v) is 17.4. The molecule has 0 aliphatic heterocycles. The summed E-state index contributed by atoms with van der Waals surface area (Å²) in [6.07, 6.45) is 0. The number of carbonyl (C=O) groups is 1. The molecule has 0 saturated carbocycles. The molecule has 0 bridgehead atoms. The van der Waals surface area contributed by atoms with E-state index in [1.54, 1.807) is 13.2 Å². The molecule has 0 heterocycles. The third kappa shape index (κ3) is 5.65. The number of nitrogens with zero attached hydrogens (tertiary/aromatic N) is 2. The molecule has 0 atom stereocenters. The smallest absolute Gasteiger partial charge is 0.360 e. The molecule has 0 unspecified atom stereocenters. The normalized spacial score (nSPS) is 11.9. The molecule has 2 aromatic carbocycles. The molecule has 154 valence electrons. The number of carbonyl (C=O) groups excluding carboxylic acids is 1. The SMILES string of the molecule is COCc1ccccc1/C(C)=N/OCc1c(C)cccc1/C(=N\OC)C(=O)OC. The van der Waals surface area contributed by atoms with Crippen LogP contribution in [0, 0.1) is 6.92 Å². The van der Waals surface area contributed by atoms with Gasteiger partial charge in [-0.15, -0.1) is 0 Å². The third-order valence-corrected chi connectivity index (χ3v) is 4.34. The zero-order chi connectivity index (χ0) is 21.2. The summed E-state index contributed by atoms with van der Waals surface area (Å²) in [5, 5.41) is 8.09. The summed E-state index contributed by atoms with van der Waals surface area (Å²) in [5.74, 6) is -0.591. The number of methoxy groups -OCH3 is 2. The highest BCUT2D eigenvalue weighted by molar-refractivity contribution is 6.43. The Morgan fingerprint density at radius 3 is 2.34 bits per heavy atom. The van der Waals surface area contributed by atoms with Crippen LogP contribution in [0.3, 0.4) is 0 Å². The number of oxime groups is 2. The molecule has 7 heteroatoms. The summed E-state index contributed by atoms with van der Waals surface area (Å²) < 4.78 is 10.1. The Hall–Kier alpha value is -3.19. The zero-order valence-electron chi connectivity index (χ0n) is 17.4. The first-order valence-corrected chi connectivity index (χ1v) is 9.05. The largest absolute Gasteiger partial charge is 0.464 e. The molecule has 0 aliphatic carbocycles. The lowest BCUT2D eigenvalue weighted by atomic mass is 9.99. The van der Waals surface area contributed by atoms with Crippen molar-refractivity contribution in [1.29, 1.82) is 0 Å².